The Morgan fingerprint density at radius 1 is 1.20 bits per heavy atom. The van der Waals surface area contributed by atoms with Gasteiger partial charge in [-0.05, 0) is 26.2 Å². The molecule has 0 aliphatic rings. The third-order valence-corrected chi connectivity index (χ3v) is 1.46. The van der Waals surface area contributed by atoms with Gasteiger partial charge in [-0.2, -0.15) is 0 Å². The second-order valence-electron chi connectivity index (χ2n) is 2.53. The summed E-state index contributed by atoms with van der Waals surface area (Å²) in [5, 5.41) is 26.2. The van der Waals surface area contributed by atoms with E-state index in [4.69, 9.17) is 15.3 Å². The van der Waals surface area contributed by atoms with E-state index in [1.807, 2.05) is 0 Å². The van der Waals surface area contributed by atoms with E-state index in [1.54, 1.807) is 6.92 Å². The first kappa shape index (κ1) is 9.88. The first-order chi connectivity index (χ1) is 4.68. The SMILES string of the molecule is CC(O)C(O)CCCCO. The molecule has 3 nitrogen and oxygen atoms in total. The number of hydrogen-bond donors (Lipinski definition) is 3. The minimum absolute atomic E-state index is 0.159. The summed E-state index contributed by atoms with van der Waals surface area (Å²) in [4.78, 5) is 0. The van der Waals surface area contributed by atoms with Crippen LogP contribution < -0.4 is 0 Å². The Labute approximate surface area is 61.3 Å². The van der Waals surface area contributed by atoms with Crippen molar-refractivity contribution >= 4 is 0 Å². The van der Waals surface area contributed by atoms with Gasteiger partial charge in [0.15, 0.2) is 0 Å². The molecule has 0 aliphatic heterocycles. The van der Waals surface area contributed by atoms with Crippen molar-refractivity contribution in [2.75, 3.05) is 6.61 Å². The minimum atomic E-state index is -0.654. The number of hydrogen-bond acceptors (Lipinski definition) is 3. The summed E-state index contributed by atoms with van der Waals surface area (Å²) in [6.07, 6.45) is 0.746. The summed E-state index contributed by atoms with van der Waals surface area (Å²) in [6.45, 7) is 1.72. The van der Waals surface area contributed by atoms with E-state index in [0.717, 1.165) is 6.42 Å². The van der Waals surface area contributed by atoms with Gasteiger partial charge in [-0.1, -0.05) is 0 Å². The predicted molar refractivity (Wildman–Crippen MR) is 38.6 cm³/mol. The third kappa shape index (κ3) is 4.73. The Balaban J connectivity index is 3.13. The molecule has 0 spiro atoms. The molecule has 0 saturated carbocycles. The van der Waals surface area contributed by atoms with Gasteiger partial charge in [-0.25, -0.2) is 0 Å². The van der Waals surface area contributed by atoms with E-state index in [-0.39, 0.29) is 6.61 Å². The Morgan fingerprint density at radius 2 is 1.80 bits per heavy atom. The smallest absolute Gasteiger partial charge is 0.0796 e. The lowest BCUT2D eigenvalue weighted by atomic mass is 10.1. The summed E-state index contributed by atoms with van der Waals surface area (Å²) in [7, 11) is 0. The van der Waals surface area contributed by atoms with E-state index >= 15 is 0 Å². The highest BCUT2D eigenvalue weighted by molar-refractivity contribution is 4.60. The zero-order valence-corrected chi connectivity index (χ0v) is 6.32. The van der Waals surface area contributed by atoms with Crippen molar-refractivity contribution in [3.63, 3.8) is 0 Å². The van der Waals surface area contributed by atoms with E-state index in [2.05, 4.69) is 0 Å². The van der Waals surface area contributed by atoms with Gasteiger partial charge in [0, 0.05) is 6.61 Å². The normalized spacial score (nSPS) is 16.8. The highest BCUT2D eigenvalue weighted by atomic mass is 16.3. The van der Waals surface area contributed by atoms with Gasteiger partial charge in [0.2, 0.25) is 0 Å². The molecule has 0 bridgehead atoms. The molecule has 0 radical (unpaired) electrons. The summed E-state index contributed by atoms with van der Waals surface area (Å²) < 4.78 is 0. The summed E-state index contributed by atoms with van der Waals surface area (Å²) in [6, 6.07) is 0. The average Bonchev–Trinajstić information content (AvgIpc) is 1.88. The number of aliphatic hydroxyl groups is 3. The molecule has 62 valence electrons. The molecule has 0 aromatic heterocycles. The lowest BCUT2D eigenvalue weighted by molar-refractivity contribution is 0.0241. The van der Waals surface area contributed by atoms with Crippen molar-refractivity contribution in [2.45, 2.75) is 38.4 Å². The minimum Gasteiger partial charge on any atom is -0.396 e. The van der Waals surface area contributed by atoms with Crippen LogP contribution in [-0.2, 0) is 0 Å². The number of rotatable bonds is 5. The van der Waals surface area contributed by atoms with Crippen molar-refractivity contribution < 1.29 is 15.3 Å². The number of aliphatic hydroxyl groups excluding tert-OH is 3. The summed E-state index contributed by atoms with van der Waals surface area (Å²) >= 11 is 0. The van der Waals surface area contributed by atoms with Crippen molar-refractivity contribution in [1.82, 2.24) is 0 Å². The molecule has 0 aromatic rings. The summed E-state index contributed by atoms with van der Waals surface area (Å²) in [5.74, 6) is 0. The molecule has 0 aromatic carbocycles. The van der Waals surface area contributed by atoms with Gasteiger partial charge in [0.1, 0.15) is 0 Å². The largest absolute Gasteiger partial charge is 0.396 e. The fraction of sp³-hybridized carbons (Fsp3) is 1.00. The Bertz CT molecular complexity index is 73.3. The van der Waals surface area contributed by atoms with Crippen LogP contribution in [0.2, 0.25) is 0 Å². The van der Waals surface area contributed by atoms with Gasteiger partial charge in [-0.3, -0.25) is 0 Å². The quantitative estimate of drug-likeness (QED) is 0.477. The molecular formula is C7H16O3. The Kier molecular flexibility index (Phi) is 5.58. The second kappa shape index (κ2) is 5.65. The van der Waals surface area contributed by atoms with Crippen LogP contribution in [-0.4, -0.2) is 34.1 Å². The molecule has 3 heteroatoms. The molecule has 2 unspecified atom stereocenters. The third-order valence-electron chi connectivity index (χ3n) is 1.46. The fourth-order valence-corrected chi connectivity index (χ4v) is 0.706. The molecule has 10 heavy (non-hydrogen) atoms. The van der Waals surface area contributed by atoms with E-state index in [1.165, 1.54) is 0 Å². The molecule has 0 saturated heterocycles. The highest BCUT2D eigenvalue weighted by Crippen LogP contribution is 2.03. The zero-order chi connectivity index (χ0) is 7.98. The molecule has 0 fully saturated rings. The standard InChI is InChI=1S/C7H16O3/c1-6(9)7(10)4-2-3-5-8/h6-10H,2-5H2,1H3. The van der Waals surface area contributed by atoms with Gasteiger partial charge in [0.05, 0.1) is 12.2 Å². The predicted octanol–water partition coefficient (Wildman–Crippen LogP) is -0.109. The first-order valence-corrected chi connectivity index (χ1v) is 3.65. The number of unbranched alkanes of at least 4 members (excludes halogenated alkanes) is 1. The van der Waals surface area contributed by atoms with Crippen LogP contribution in [0.15, 0.2) is 0 Å². The maximum Gasteiger partial charge on any atom is 0.0796 e. The molecular weight excluding hydrogens is 132 g/mol. The topological polar surface area (TPSA) is 60.7 Å². The van der Waals surface area contributed by atoms with Crippen LogP contribution in [0.3, 0.4) is 0 Å². The van der Waals surface area contributed by atoms with Crippen molar-refractivity contribution in [1.29, 1.82) is 0 Å². The monoisotopic (exact) mass is 148 g/mol. The van der Waals surface area contributed by atoms with Crippen LogP contribution in [0.5, 0.6) is 0 Å². The van der Waals surface area contributed by atoms with Crippen molar-refractivity contribution in [3.05, 3.63) is 0 Å². The molecule has 0 heterocycles. The molecule has 0 rings (SSSR count). The van der Waals surface area contributed by atoms with Crippen molar-refractivity contribution in [3.8, 4) is 0 Å². The van der Waals surface area contributed by atoms with E-state index in [9.17, 15) is 0 Å². The van der Waals surface area contributed by atoms with Crippen LogP contribution >= 0.6 is 0 Å². The molecule has 3 N–H and O–H groups in total. The average molecular weight is 148 g/mol. The molecule has 0 amide bonds. The second-order valence-corrected chi connectivity index (χ2v) is 2.53. The molecule has 2 atom stereocenters. The Hall–Kier alpha value is -0.120. The first-order valence-electron chi connectivity index (χ1n) is 3.65. The van der Waals surface area contributed by atoms with E-state index in [0.29, 0.717) is 12.8 Å². The molecule has 0 aliphatic carbocycles. The zero-order valence-electron chi connectivity index (χ0n) is 6.32. The maximum absolute atomic E-state index is 9.02. The van der Waals surface area contributed by atoms with Crippen molar-refractivity contribution in [2.24, 2.45) is 0 Å². The lowest BCUT2D eigenvalue weighted by Crippen LogP contribution is -2.22. The van der Waals surface area contributed by atoms with Crippen LogP contribution in [0.4, 0.5) is 0 Å². The Morgan fingerprint density at radius 3 is 2.20 bits per heavy atom. The van der Waals surface area contributed by atoms with E-state index < -0.39 is 12.2 Å². The van der Waals surface area contributed by atoms with Crippen LogP contribution in [0.1, 0.15) is 26.2 Å². The van der Waals surface area contributed by atoms with Gasteiger partial charge in [-0.15, -0.1) is 0 Å². The van der Waals surface area contributed by atoms with Gasteiger partial charge >= 0.3 is 0 Å². The maximum atomic E-state index is 9.02. The summed E-state index contributed by atoms with van der Waals surface area (Å²) in [5.41, 5.74) is 0. The van der Waals surface area contributed by atoms with Crippen LogP contribution in [0, 0.1) is 0 Å². The van der Waals surface area contributed by atoms with Gasteiger partial charge in [0.25, 0.3) is 0 Å². The van der Waals surface area contributed by atoms with Gasteiger partial charge < -0.3 is 15.3 Å². The lowest BCUT2D eigenvalue weighted by Gasteiger charge is -2.11. The highest BCUT2D eigenvalue weighted by Gasteiger charge is 2.08. The fourth-order valence-electron chi connectivity index (χ4n) is 0.706. The van der Waals surface area contributed by atoms with Crippen LogP contribution in [0.25, 0.3) is 0 Å².